The summed E-state index contributed by atoms with van der Waals surface area (Å²) in [6, 6.07) is 8.42. The topological polar surface area (TPSA) is 41.1 Å². The summed E-state index contributed by atoms with van der Waals surface area (Å²) in [4.78, 5) is 13.2. The number of hydrogen-bond acceptors (Lipinski definition) is 3. The predicted molar refractivity (Wildman–Crippen MR) is 91.6 cm³/mol. The molecule has 0 saturated carbocycles. The molecule has 4 heteroatoms. The van der Waals surface area contributed by atoms with Crippen LogP contribution >= 0.6 is 11.8 Å². The first-order chi connectivity index (χ1) is 10.0. The van der Waals surface area contributed by atoms with Crippen molar-refractivity contribution in [2.75, 3.05) is 13.1 Å². The van der Waals surface area contributed by atoms with Gasteiger partial charge in [-0.3, -0.25) is 4.79 Å². The largest absolute Gasteiger partial charge is 0.355 e. The van der Waals surface area contributed by atoms with Gasteiger partial charge in [0.1, 0.15) is 0 Å². The zero-order valence-corrected chi connectivity index (χ0v) is 14.4. The second kappa shape index (κ2) is 9.85. The van der Waals surface area contributed by atoms with E-state index >= 15 is 0 Å². The first-order valence-corrected chi connectivity index (χ1v) is 8.65. The van der Waals surface area contributed by atoms with Gasteiger partial charge in [0.15, 0.2) is 0 Å². The van der Waals surface area contributed by atoms with E-state index in [-0.39, 0.29) is 11.2 Å². The van der Waals surface area contributed by atoms with Gasteiger partial charge >= 0.3 is 0 Å². The minimum Gasteiger partial charge on any atom is -0.355 e. The van der Waals surface area contributed by atoms with Crippen LogP contribution < -0.4 is 10.6 Å². The Bertz CT molecular complexity index is 435. The highest BCUT2D eigenvalue weighted by molar-refractivity contribution is 8.00. The third-order valence-electron chi connectivity index (χ3n) is 3.02. The number of benzene rings is 1. The average molecular weight is 308 g/mol. The van der Waals surface area contributed by atoms with Gasteiger partial charge in [0.2, 0.25) is 5.91 Å². The molecule has 21 heavy (non-hydrogen) atoms. The molecule has 0 fully saturated rings. The van der Waals surface area contributed by atoms with Crippen LogP contribution in [0.4, 0.5) is 0 Å². The molecule has 1 aromatic rings. The third-order valence-corrected chi connectivity index (χ3v) is 4.11. The summed E-state index contributed by atoms with van der Waals surface area (Å²) in [7, 11) is 0. The molecular weight excluding hydrogens is 280 g/mol. The molecule has 0 heterocycles. The van der Waals surface area contributed by atoms with Crippen LogP contribution in [0.5, 0.6) is 0 Å². The van der Waals surface area contributed by atoms with Gasteiger partial charge in [-0.05, 0) is 43.5 Å². The first-order valence-electron chi connectivity index (χ1n) is 7.77. The van der Waals surface area contributed by atoms with Crippen molar-refractivity contribution in [2.24, 2.45) is 5.92 Å². The molecule has 0 aliphatic rings. The van der Waals surface area contributed by atoms with Gasteiger partial charge in [-0.1, -0.05) is 32.9 Å². The minimum absolute atomic E-state index is 0.0670. The van der Waals surface area contributed by atoms with Gasteiger partial charge in [-0.2, -0.15) is 0 Å². The van der Waals surface area contributed by atoms with Crippen LogP contribution in [-0.2, 0) is 11.3 Å². The Hall–Kier alpha value is -1.00. The standard InChI is InChI=1S/C17H28N2OS/c1-5-9-18-12-15-7-6-8-16(10-15)21-14(4)17(20)19-11-13(2)3/h6-8,10,13-14,18H,5,9,11-12H2,1-4H3,(H,19,20). The highest BCUT2D eigenvalue weighted by Crippen LogP contribution is 2.24. The van der Waals surface area contributed by atoms with Crippen molar-refractivity contribution in [1.29, 1.82) is 0 Å². The molecule has 0 radical (unpaired) electrons. The highest BCUT2D eigenvalue weighted by atomic mass is 32.2. The summed E-state index contributed by atoms with van der Waals surface area (Å²) in [5.74, 6) is 0.599. The van der Waals surface area contributed by atoms with Crippen LogP contribution in [0, 0.1) is 5.92 Å². The molecule has 0 saturated heterocycles. The Morgan fingerprint density at radius 3 is 2.71 bits per heavy atom. The Morgan fingerprint density at radius 1 is 1.29 bits per heavy atom. The quantitative estimate of drug-likeness (QED) is 0.542. The number of carbonyl (C=O) groups is 1. The van der Waals surface area contributed by atoms with Crippen LogP contribution in [-0.4, -0.2) is 24.2 Å². The second-order valence-corrected chi connectivity index (χ2v) is 7.14. The van der Waals surface area contributed by atoms with Crippen molar-refractivity contribution in [3.05, 3.63) is 29.8 Å². The Labute approximate surface area is 133 Å². The van der Waals surface area contributed by atoms with Crippen LogP contribution in [0.1, 0.15) is 39.7 Å². The van der Waals surface area contributed by atoms with E-state index in [1.54, 1.807) is 11.8 Å². The lowest BCUT2D eigenvalue weighted by molar-refractivity contribution is -0.120. The molecular formula is C17H28N2OS. The normalized spacial score (nSPS) is 12.4. The van der Waals surface area contributed by atoms with E-state index in [2.05, 4.69) is 55.7 Å². The summed E-state index contributed by atoms with van der Waals surface area (Å²) < 4.78 is 0. The lowest BCUT2D eigenvalue weighted by Gasteiger charge is -2.14. The lowest BCUT2D eigenvalue weighted by atomic mass is 10.2. The number of hydrogen-bond donors (Lipinski definition) is 2. The number of thioether (sulfide) groups is 1. The van der Waals surface area contributed by atoms with Crippen molar-refractivity contribution in [2.45, 2.75) is 50.8 Å². The monoisotopic (exact) mass is 308 g/mol. The SMILES string of the molecule is CCCNCc1cccc(SC(C)C(=O)NCC(C)C)c1. The molecule has 118 valence electrons. The van der Waals surface area contributed by atoms with E-state index in [1.165, 1.54) is 5.56 Å². The lowest BCUT2D eigenvalue weighted by Crippen LogP contribution is -2.33. The average Bonchev–Trinajstić information content (AvgIpc) is 2.45. The molecule has 2 N–H and O–H groups in total. The molecule has 0 spiro atoms. The molecule has 1 amide bonds. The van der Waals surface area contributed by atoms with Crippen molar-refractivity contribution in [3.63, 3.8) is 0 Å². The maximum atomic E-state index is 12.0. The highest BCUT2D eigenvalue weighted by Gasteiger charge is 2.14. The summed E-state index contributed by atoms with van der Waals surface area (Å²) in [6.07, 6.45) is 1.14. The predicted octanol–water partition coefficient (Wildman–Crippen LogP) is 3.44. The van der Waals surface area contributed by atoms with E-state index in [9.17, 15) is 4.79 Å². The third kappa shape index (κ3) is 7.53. The second-order valence-electron chi connectivity index (χ2n) is 5.72. The van der Waals surface area contributed by atoms with E-state index in [0.717, 1.165) is 31.0 Å². The molecule has 0 bridgehead atoms. The first kappa shape index (κ1) is 18.1. The van der Waals surface area contributed by atoms with Gasteiger partial charge in [-0.15, -0.1) is 11.8 Å². The fourth-order valence-corrected chi connectivity index (χ4v) is 2.82. The van der Waals surface area contributed by atoms with E-state index in [1.807, 2.05) is 6.92 Å². The van der Waals surface area contributed by atoms with Gasteiger partial charge in [0, 0.05) is 18.0 Å². The maximum Gasteiger partial charge on any atom is 0.233 e. The number of nitrogens with one attached hydrogen (secondary N) is 2. The number of carbonyl (C=O) groups excluding carboxylic acids is 1. The van der Waals surface area contributed by atoms with Crippen molar-refractivity contribution in [3.8, 4) is 0 Å². The minimum atomic E-state index is -0.0670. The van der Waals surface area contributed by atoms with Crippen molar-refractivity contribution >= 4 is 17.7 Å². The van der Waals surface area contributed by atoms with Crippen LogP contribution in [0.3, 0.4) is 0 Å². The molecule has 1 atom stereocenters. The van der Waals surface area contributed by atoms with Crippen LogP contribution in [0.25, 0.3) is 0 Å². The fraction of sp³-hybridized carbons (Fsp3) is 0.588. The Morgan fingerprint density at radius 2 is 2.05 bits per heavy atom. The van der Waals surface area contributed by atoms with Crippen molar-refractivity contribution in [1.82, 2.24) is 10.6 Å². The van der Waals surface area contributed by atoms with Crippen LogP contribution in [0.2, 0.25) is 0 Å². The van der Waals surface area contributed by atoms with Gasteiger partial charge in [0.05, 0.1) is 5.25 Å². The molecule has 3 nitrogen and oxygen atoms in total. The Kier molecular flexibility index (Phi) is 8.47. The molecule has 1 unspecified atom stereocenters. The van der Waals surface area contributed by atoms with Crippen molar-refractivity contribution < 1.29 is 4.79 Å². The van der Waals surface area contributed by atoms with Gasteiger partial charge in [-0.25, -0.2) is 0 Å². The maximum absolute atomic E-state index is 12.0. The molecule has 1 aromatic carbocycles. The van der Waals surface area contributed by atoms with E-state index < -0.39 is 0 Å². The summed E-state index contributed by atoms with van der Waals surface area (Å²) in [5, 5.41) is 6.32. The zero-order chi connectivity index (χ0) is 15.7. The summed E-state index contributed by atoms with van der Waals surface area (Å²) in [5.41, 5.74) is 1.27. The smallest absolute Gasteiger partial charge is 0.233 e. The molecule has 0 aliphatic heterocycles. The molecule has 1 rings (SSSR count). The molecule has 0 aromatic heterocycles. The number of amides is 1. The summed E-state index contributed by atoms with van der Waals surface area (Å²) >= 11 is 1.62. The van der Waals surface area contributed by atoms with Gasteiger partial charge in [0.25, 0.3) is 0 Å². The number of rotatable bonds is 9. The molecule has 0 aliphatic carbocycles. The zero-order valence-electron chi connectivity index (χ0n) is 13.6. The van der Waals surface area contributed by atoms with Gasteiger partial charge < -0.3 is 10.6 Å². The van der Waals surface area contributed by atoms with E-state index in [0.29, 0.717) is 5.92 Å². The van der Waals surface area contributed by atoms with E-state index in [4.69, 9.17) is 0 Å². The van der Waals surface area contributed by atoms with Crippen LogP contribution in [0.15, 0.2) is 29.2 Å². The fourth-order valence-electron chi connectivity index (χ4n) is 1.84. The summed E-state index contributed by atoms with van der Waals surface area (Å²) in [6.45, 7) is 11.0. The Balaban J connectivity index is 2.49.